The molecule has 1 N–H and O–H groups in total. The summed E-state index contributed by atoms with van der Waals surface area (Å²) in [5.41, 5.74) is 0.678. The van der Waals surface area contributed by atoms with Gasteiger partial charge in [-0.3, -0.25) is 19.4 Å². The van der Waals surface area contributed by atoms with Crippen LogP contribution in [0.3, 0.4) is 0 Å². The highest BCUT2D eigenvalue weighted by molar-refractivity contribution is 5.98. The molecule has 2 heterocycles. The van der Waals surface area contributed by atoms with Crippen LogP contribution in [0.4, 0.5) is 0 Å². The van der Waals surface area contributed by atoms with E-state index in [-0.39, 0.29) is 17.1 Å². The third-order valence-corrected chi connectivity index (χ3v) is 4.36. The van der Waals surface area contributed by atoms with Gasteiger partial charge in [-0.05, 0) is 17.7 Å². The molecule has 2 amide bonds. The summed E-state index contributed by atoms with van der Waals surface area (Å²) in [4.78, 5) is 52.5. The number of aromatic nitrogens is 1. The average molecular weight is 410 g/mol. The van der Waals surface area contributed by atoms with Gasteiger partial charge in [0.2, 0.25) is 17.7 Å². The predicted octanol–water partition coefficient (Wildman–Crippen LogP) is 2.22. The Kier molecular flexibility index (Phi) is 5.63. The van der Waals surface area contributed by atoms with Crippen LogP contribution in [0.5, 0.6) is 11.5 Å². The molecule has 0 saturated heterocycles. The van der Waals surface area contributed by atoms with Crippen LogP contribution in [0.2, 0.25) is 0 Å². The summed E-state index contributed by atoms with van der Waals surface area (Å²) in [5.74, 6) is -4.31. The first kappa shape index (κ1) is 20.7. The normalized spacial score (nSPS) is 15.0. The summed E-state index contributed by atoms with van der Waals surface area (Å²) in [6.45, 7) is 3.49. The molecule has 0 spiro atoms. The zero-order valence-electron chi connectivity index (χ0n) is 16.4. The lowest BCUT2D eigenvalue weighted by Crippen LogP contribution is -2.39. The number of ether oxygens (including phenoxy) is 2. The fraction of sp³-hybridized carbons (Fsp3) is 0.190. The third-order valence-electron chi connectivity index (χ3n) is 4.36. The molecule has 0 radical (unpaired) electrons. The molecular formula is C21H18N2O7. The van der Waals surface area contributed by atoms with E-state index in [0.29, 0.717) is 16.0 Å². The summed E-state index contributed by atoms with van der Waals surface area (Å²) in [5, 5.41) is 9.98. The fourth-order valence-corrected chi connectivity index (χ4v) is 3.29. The number of benzene rings is 1. The van der Waals surface area contributed by atoms with Gasteiger partial charge in [-0.15, -0.1) is 0 Å². The van der Waals surface area contributed by atoms with Crippen LogP contribution in [0.1, 0.15) is 37.8 Å². The molecule has 0 fully saturated rings. The third kappa shape index (κ3) is 3.90. The predicted molar refractivity (Wildman–Crippen MR) is 102 cm³/mol. The number of aliphatic carboxylic acids is 1. The van der Waals surface area contributed by atoms with Crippen molar-refractivity contribution in [1.29, 1.82) is 0 Å². The van der Waals surface area contributed by atoms with Gasteiger partial charge in [0.1, 0.15) is 17.1 Å². The van der Waals surface area contributed by atoms with E-state index in [4.69, 9.17) is 9.47 Å². The number of hydrogen-bond acceptors (Lipinski definition) is 7. The van der Waals surface area contributed by atoms with Crippen molar-refractivity contribution in [2.45, 2.75) is 26.7 Å². The van der Waals surface area contributed by atoms with Crippen molar-refractivity contribution in [2.75, 3.05) is 0 Å². The highest BCUT2D eigenvalue weighted by Crippen LogP contribution is 2.45. The standard InChI is InChI=1S/C21H18N2O7/c1-11(24)23(12(2)25)20-19(21(27)28)18(14-5-4-8-22-10-14)16-7-6-15(29-13(3)26)9-17(16)30-20/h4-10,18H,1-3H3,(H,27,28). The van der Waals surface area contributed by atoms with Gasteiger partial charge < -0.3 is 14.6 Å². The summed E-state index contributed by atoms with van der Waals surface area (Å²) < 4.78 is 10.8. The summed E-state index contributed by atoms with van der Waals surface area (Å²) in [6.07, 6.45) is 3.03. The minimum absolute atomic E-state index is 0.148. The van der Waals surface area contributed by atoms with E-state index >= 15 is 0 Å². The number of carbonyl (C=O) groups excluding carboxylic acids is 3. The largest absolute Gasteiger partial charge is 0.478 e. The lowest BCUT2D eigenvalue weighted by Gasteiger charge is -2.32. The number of fused-ring (bicyclic) bond motifs is 1. The molecule has 0 aliphatic carbocycles. The Bertz CT molecular complexity index is 1060. The molecule has 3 rings (SSSR count). The lowest BCUT2D eigenvalue weighted by atomic mass is 9.83. The van der Waals surface area contributed by atoms with Crippen LogP contribution in [-0.4, -0.2) is 38.7 Å². The van der Waals surface area contributed by atoms with Crippen molar-refractivity contribution < 1.29 is 33.8 Å². The first-order chi connectivity index (χ1) is 14.2. The van der Waals surface area contributed by atoms with Gasteiger partial charge in [0.05, 0.1) is 5.92 Å². The molecule has 2 aromatic rings. The molecule has 1 aliphatic rings. The van der Waals surface area contributed by atoms with E-state index in [9.17, 15) is 24.3 Å². The first-order valence-corrected chi connectivity index (χ1v) is 8.89. The summed E-state index contributed by atoms with van der Waals surface area (Å²) in [7, 11) is 0. The Morgan fingerprint density at radius 1 is 1.10 bits per heavy atom. The van der Waals surface area contributed by atoms with E-state index in [1.54, 1.807) is 18.2 Å². The van der Waals surface area contributed by atoms with Gasteiger partial charge in [0, 0.05) is 44.8 Å². The maximum absolute atomic E-state index is 12.2. The van der Waals surface area contributed by atoms with Crippen LogP contribution in [0, 0.1) is 0 Å². The lowest BCUT2D eigenvalue weighted by molar-refractivity contribution is -0.142. The fourth-order valence-electron chi connectivity index (χ4n) is 3.29. The van der Waals surface area contributed by atoms with Gasteiger partial charge in [0.15, 0.2) is 0 Å². The maximum atomic E-state index is 12.2. The first-order valence-electron chi connectivity index (χ1n) is 8.89. The molecule has 1 atom stereocenters. The molecule has 9 nitrogen and oxygen atoms in total. The van der Waals surface area contributed by atoms with Gasteiger partial charge in [0.25, 0.3) is 0 Å². The van der Waals surface area contributed by atoms with Crippen molar-refractivity contribution in [2.24, 2.45) is 0 Å². The highest BCUT2D eigenvalue weighted by atomic mass is 16.5. The van der Waals surface area contributed by atoms with Gasteiger partial charge in [-0.2, -0.15) is 0 Å². The number of rotatable bonds is 4. The molecule has 30 heavy (non-hydrogen) atoms. The number of hydrogen-bond donors (Lipinski definition) is 1. The van der Waals surface area contributed by atoms with E-state index in [2.05, 4.69) is 4.98 Å². The number of amides is 2. The molecule has 1 unspecified atom stereocenters. The van der Waals surface area contributed by atoms with E-state index in [1.165, 1.54) is 31.5 Å². The molecule has 1 aliphatic heterocycles. The Morgan fingerprint density at radius 3 is 2.33 bits per heavy atom. The minimum Gasteiger partial charge on any atom is -0.478 e. The minimum atomic E-state index is -1.36. The Morgan fingerprint density at radius 2 is 1.80 bits per heavy atom. The van der Waals surface area contributed by atoms with Crippen molar-refractivity contribution in [3.63, 3.8) is 0 Å². The van der Waals surface area contributed by atoms with Crippen LogP contribution in [0.25, 0.3) is 0 Å². The van der Waals surface area contributed by atoms with Crippen LogP contribution >= 0.6 is 0 Å². The number of imide groups is 1. The molecule has 0 bridgehead atoms. The van der Waals surface area contributed by atoms with Crippen molar-refractivity contribution in [1.82, 2.24) is 9.88 Å². The van der Waals surface area contributed by atoms with Gasteiger partial charge in [-0.1, -0.05) is 12.1 Å². The number of carboxylic acids is 1. The number of carboxylic acid groups (broad SMARTS) is 1. The Balaban J connectivity index is 2.30. The molecule has 9 heteroatoms. The van der Waals surface area contributed by atoms with E-state index < -0.39 is 35.6 Å². The number of nitrogens with zero attached hydrogens (tertiary/aromatic N) is 2. The second-order valence-electron chi connectivity index (χ2n) is 6.51. The van der Waals surface area contributed by atoms with Crippen LogP contribution < -0.4 is 9.47 Å². The second kappa shape index (κ2) is 8.16. The summed E-state index contributed by atoms with van der Waals surface area (Å²) >= 11 is 0. The van der Waals surface area contributed by atoms with E-state index in [0.717, 1.165) is 13.8 Å². The maximum Gasteiger partial charge on any atom is 0.338 e. The Hall–Kier alpha value is -4.01. The summed E-state index contributed by atoms with van der Waals surface area (Å²) in [6, 6.07) is 7.79. The zero-order chi connectivity index (χ0) is 22.0. The quantitative estimate of drug-likeness (QED) is 0.601. The van der Waals surface area contributed by atoms with Crippen molar-refractivity contribution in [3.05, 3.63) is 65.3 Å². The molecular weight excluding hydrogens is 392 g/mol. The van der Waals surface area contributed by atoms with Crippen molar-refractivity contribution in [3.8, 4) is 11.5 Å². The number of carbonyl (C=O) groups is 4. The SMILES string of the molecule is CC(=O)Oc1ccc2c(c1)OC(N(C(C)=O)C(C)=O)=C(C(=O)O)C2c1cccnc1. The van der Waals surface area contributed by atoms with Crippen LogP contribution in [-0.2, 0) is 19.2 Å². The second-order valence-corrected chi connectivity index (χ2v) is 6.51. The topological polar surface area (TPSA) is 123 Å². The Labute approximate surface area is 171 Å². The molecule has 1 aromatic carbocycles. The van der Waals surface area contributed by atoms with Gasteiger partial charge >= 0.3 is 11.9 Å². The smallest absolute Gasteiger partial charge is 0.338 e. The number of esters is 1. The number of pyridine rings is 1. The zero-order valence-corrected chi connectivity index (χ0v) is 16.4. The molecule has 154 valence electrons. The average Bonchev–Trinajstić information content (AvgIpc) is 2.66. The molecule has 0 saturated carbocycles. The highest BCUT2D eigenvalue weighted by Gasteiger charge is 2.40. The van der Waals surface area contributed by atoms with Crippen LogP contribution in [0.15, 0.2) is 54.2 Å². The molecule has 1 aromatic heterocycles. The monoisotopic (exact) mass is 410 g/mol. The van der Waals surface area contributed by atoms with Gasteiger partial charge in [-0.25, -0.2) is 9.69 Å². The van der Waals surface area contributed by atoms with E-state index in [1.807, 2.05) is 0 Å². The van der Waals surface area contributed by atoms with Crippen molar-refractivity contribution >= 4 is 23.8 Å².